The number of hydrogen-bond acceptors (Lipinski definition) is 3. The van der Waals surface area contributed by atoms with Crippen LogP contribution < -0.4 is 5.73 Å². The van der Waals surface area contributed by atoms with Gasteiger partial charge >= 0.3 is 0 Å². The van der Waals surface area contributed by atoms with Gasteiger partial charge in [-0.2, -0.15) is 5.10 Å². The van der Waals surface area contributed by atoms with Gasteiger partial charge in [-0.05, 0) is 23.8 Å². The van der Waals surface area contributed by atoms with Crippen LogP contribution in [0.25, 0.3) is 16.6 Å². The number of nitrogens with two attached hydrogens (primary N) is 1. The molecule has 3 aromatic rings. The highest BCUT2D eigenvalue weighted by Gasteiger charge is 2.37. The summed E-state index contributed by atoms with van der Waals surface area (Å²) in [6.45, 7) is 0.729. The Bertz CT molecular complexity index is 965. The molecular weight excluding hydrogens is 338 g/mol. The maximum absolute atomic E-state index is 13.3. The molecule has 0 radical (unpaired) electrons. The number of carbonyl (C=O) groups is 1. The molecule has 4 rings (SSSR count). The Labute approximate surface area is 149 Å². The number of carbonyl (C=O) groups excluding carboxylic acids is 1. The molecule has 1 aliphatic rings. The number of halogens is 2. The second-order valence-corrected chi connectivity index (χ2v) is 6.66. The number of benzene rings is 2. The first-order valence-corrected chi connectivity index (χ1v) is 8.39. The highest BCUT2D eigenvalue weighted by atomic mass is 19.3. The summed E-state index contributed by atoms with van der Waals surface area (Å²) in [5.74, 6) is -3.09. The van der Waals surface area contributed by atoms with Crippen LogP contribution in [0.15, 0.2) is 48.7 Å². The van der Waals surface area contributed by atoms with E-state index in [-0.39, 0.29) is 13.0 Å². The van der Waals surface area contributed by atoms with Crippen molar-refractivity contribution in [3.8, 4) is 5.69 Å². The number of likely N-dealkylation sites (tertiary alicyclic amines) is 1. The first kappa shape index (κ1) is 16.7. The number of fused-ring (bicyclic) bond motifs is 1. The lowest BCUT2D eigenvalue weighted by atomic mass is 10.1. The van der Waals surface area contributed by atoms with E-state index in [4.69, 9.17) is 5.73 Å². The zero-order chi connectivity index (χ0) is 18.3. The van der Waals surface area contributed by atoms with E-state index in [2.05, 4.69) is 5.10 Å². The molecule has 0 aliphatic carbocycles. The fourth-order valence-corrected chi connectivity index (χ4v) is 3.33. The minimum atomic E-state index is -2.58. The third-order valence-electron chi connectivity index (χ3n) is 4.66. The second-order valence-electron chi connectivity index (χ2n) is 6.66. The number of primary amides is 1. The SMILES string of the molecule is NC(=O)c1cccc2cn(-c3ccc(CN4CCC(F)(F)C4)cc3)nc12. The van der Waals surface area contributed by atoms with E-state index >= 15 is 0 Å². The summed E-state index contributed by atoms with van der Waals surface area (Å²) in [4.78, 5) is 13.3. The molecule has 2 N–H and O–H groups in total. The Balaban J connectivity index is 1.56. The number of amides is 1. The monoisotopic (exact) mass is 356 g/mol. The molecule has 134 valence electrons. The predicted molar refractivity (Wildman–Crippen MR) is 94.4 cm³/mol. The van der Waals surface area contributed by atoms with Crippen LogP contribution >= 0.6 is 0 Å². The molecule has 1 saturated heterocycles. The van der Waals surface area contributed by atoms with Gasteiger partial charge in [0.1, 0.15) is 5.52 Å². The standard InChI is InChI=1S/C19H18F2N4O/c20-19(21)8-9-24(12-19)10-13-4-6-15(7-5-13)25-11-14-2-1-3-16(18(22)26)17(14)23-25/h1-7,11H,8-10,12H2,(H2,22,26). The zero-order valence-corrected chi connectivity index (χ0v) is 14.0. The van der Waals surface area contributed by atoms with Gasteiger partial charge in [0.25, 0.3) is 11.8 Å². The molecule has 0 bridgehead atoms. The number of hydrogen-bond donors (Lipinski definition) is 1. The number of nitrogens with zero attached hydrogens (tertiary/aromatic N) is 3. The van der Waals surface area contributed by atoms with Crippen molar-refractivity contribution in [1.82, 2.24) is 14.7 Å². The van der Waals surface area contributed by atoms with Crippen molar-refractivity contribution < 1.29 is 13.6 Å². The van der Waals surface area contributed by atoms with Gasteiger partial charge in [0.2, 0.25) is 0 Å². The molecule has 2 heterocycles. The Morgan fingerprint density at radius 1 is 1.19 bits per heavy atom. The maximum atomic E-state index is 13.3. The average Bonchev–Trinajstić information content (AvgIpc) is 3.18. The van der Waals surface area contributed by atoms with E-state index in [9.17, 15) is 13.6 Å². The Morgan fingerprint density at radius 2 is 1.96 bits per heavy atom. The molecule has 0 unspecified atom stereocenters. The van der Waals surface area contributed by atoms with E-state index in [1.165, 1.54) is 0 Å². The fourth-order valence-electron chi connectivity index (χ4n) is 3.33. The third-order valence-corrected chi connectivity index (χ3v) is 4.66. The van der Waals surface area contributed by atoms with Gasteiger partial charge < -0.3 is 5.73 Å². The molecular formula is C19H18F2N4O. The van der Waals surface area contributed by atoms with Crippen molar-refractivity contribution in [3.05, 3.63) is 59.8 Å². The van der Waals surface area contributed by atoms with Crippen LogP contribution in [0, 0.1) is 0 Å². The summed E-state index contributed by atoms with van der Waals surface area (Å²) in [6.07, 6.45) is 1.75. The van der Waals surface area contributed by atoms with Crippen LogP contribution in [0.3, 0.4) is 0 Å². The van der Waals surface area contributed by atoms with Crippen molar-refractivity contribution in [2.24, 2.45) is 5.73 Å². The minimum absolute atomic E-state index is 0.0762. The normalized spacial score (nSPS) is 17.0. The van der Waals surface area contributed by atoms with Gasteiger partial charge in [-0.25, -0.2) is 13.5 Å². The number of aromatic nitrogens is 2. The van der Waals surface area contributed by atoms with Gasteiger partial charge in [0, 0.05) is 31.1 Å². The maximum Gasteiger partial charge on any atom is 0.261 e. The molecule has 7 heteroatoms. The lowest BCUT2D eigenvalue weighted by molar-refractivity contribution is 0.0115. The van der Waals surface area contributed by atoms with Crippen LogP contribution in [0.4, 0.5) is 8.78 Å². The third kappa shape index (κ3) is 3.17. The number of rotatable bonds is 4. The summed E-state index contributed by atoms with van der Waals surface area (Å²) in [7, 11) is 0. The highest BCUT2D eigenvalue weighted by molar-refractivity contribution is 6.04. The quantitative estimate of drug-likeness (QED) is 0.782. The molecule has 5 nitrogen and oxygen atoms in total. The van der Waals surface area contributed by atoms with E-state index < -0.39 is 11.8 Å². The molecule has 0 spiro atoms. The molecule has 0 saturated carbocycles. The van der Waals surface area contributed by atoms with Gasteiger partial charge in [-0.1, -0.05) is 24.3 Å². The van der Waals surface area contributed by atoms with Crippen LogP contribution in [0.1, 0.15) is 22.3 Å². The second kappa shape index (κ2) is 6.17. The van der Waals surface area contributed by atoms with Crippen LogP contribution in [-0.2, 0) is 6.54 Å². The van der Waals surface area contributed by atoms with Crippen LogP contribution in [-0.4, -0.2) is 39.6 Å². The molecule has 0 atom stereocenters. The first-order chi connectivity index (χ1) is 12.4. The van der Waals surface area contributed by atoms with Crippen molar-refractivity contribution in [3.63, 3.8) is 0 Å². The topological polar surface area (TPSA) is 64.2 Å². The molecule has 2 aromatic carbocycles. The molecule has 1 amide bonds. The largest absolute Gasteiger partial charge is 0.366 e. The van der Waals surface area contributed by atoms with E-state index in [0.717, 1.165) is 16.6 Å². The van der Waals surface area contributed by atoms with E-state index in [1.54, 1.807) is 21.7 Å². The van der Waals surface area contributed by atoms with E-state index in [0.29, 0.717) is 24.2 Å². The molecule has 1 aliphatic heterocycles. The first-order valence-electron chi connectivity index (χ1n) is 8.39. The van der Waals surface area contributed by atoms with Gasteiger partial charge in [0.15, 0.2) is 0 Å². The summed E-state index contributed by atoms with van der Waals surface area (Å²) >= 11 is 0. The number of alkyl halides is 2. The summed E-state index contributed by atoms with van der Waals surface area (Å²) in [5.41, 5.74) is 8.14. The molecule has 1 fully saturated rings. The highest BCUT2D eigenvalue weighted by Crippen LogP contribution is 2.28. The average molecular weight is 356 g/mol. The van der Waals surface area contributed by atoms with Crippen molar-refractivity contribution in [2.75, 3.05) is 13.1 Å². The van der Waals surface area contributed by atoms with E-state index in [1.807, 2.05) is 36.5 Å². The molecule has 1 aromatic heterocycles. The van der Waals surface area contributed by atoms with Crippen LogP contribution in [0.2, 0.25) is 0 Å². The lowest BCUT2D eigenvalue weighted by Gasteiger charge is -2.15. The zero-order valence-electron chi connectivity index (χ0n) is 14.0. The lowest BCUT2D eigenvalue weighted by Crippen LogP contribution is -2.24. The summed E-state index contributed by atoms with van der Waals surface area (Å²) in [6, 6.07) is 12.9. The fraction of sp³-hybridized carbons (Fsp3) is 0.263. The van der Waals surface area contributed by atoms with Crippen molar-refractivity contribution in [1.29, 1.82) is 0 Å². The van der Waals surface area contributed by atoms with Gasteiger partial charge in [0.05, 0.1) is 17.8 Å². The van der Waals surface area contributed by atoms with Gasteiger partial charge in [-0.15, -0.1) is 0 Å². The van der Waals surface area contributed by atoms with Crippen molar-refractivity contribution >= 4 is 16.8 Å². The predicted octanol–water partition coefficient (Wildman–Crippen LogP) is 2.97. The summed E-state index contributed by atoms with van der Waals surface area (Å²) in [5, 5.41) is 5.29. The van der Waals surface area contributed by atoms with Gasteiger partial charge in [-0.3, -0.25) is 9.69 Å². The Hall–Kier alpha value is -2.80. The van der Waals surface area contributed by atoms with Crippen molar-refractivity contribution in [2.45, 2.75) is 18.9 Å². The molecule has 26 heavy (non-hydrogen) atoms. The Morgan fingerprint density at radius 3 is 2.62 bits per heavy atom. The Kier molecular flexibility index (Phi) is 3.96. The minimum Gasteiger partial charge on any atom is -0.366 e. The smallest absolute Gasteiger partial charge is 0.261 e. The van der Waals surface area contributed by atoms with Crippen LogP contribution in [0.5, 0.6) is 0 Å². The summed E-state index contributed by atoms with van der Waals surface area (Å²) < 4.78 is 28.3.